The number of anilines is 1. The van der Waals surface area contributed by atoms with E-state index in [0.717, 1.165) is 5.56 Å². The largest absolute Gasteiger partial charge is 0.382 e. The molecule has 2 aromatic rings. The van der Waals surface area contributed by atoms with Gasteiger partial charge >= 0.3 is 5.69 Å². The van der Waals surface area contributed by atoms with E-state index in [9.17, 15) is 9.59 Å². The maximum atomic E-state index is 12.0. The van der Waals surface area contributed by atoms with Gasteiger partial charge in [-0.2, -0.15) is 0 Å². The smallest absolute Gasteiger partial charge is 0.330 e. The fourth-order valence-electron chi connectivity index (χ4n) is 2.33. The topological polar surface area (TPSA) is 76.1 Å². The molecule has 0 amide bonds. The molecule has 1 aromatic carbocycles. The number of nitrogens with zero attached hydrogens (tertiary/aromatic N) is 1. The van der Waals surface area contributed by atoms with Crippen LogP contribution in [0.2, 0.25) is 0 Å². The molecule has 0 radical (unpaired) electrons. The van der Waals surface area contributed by atoms with Crippen molar-refractivity contribution >= 4 is 5.82 Å². The van der Waals surface area contributed by atoms with Crippen molar-refractivity contribution < 1.29 is 4.74 Å². The molecule has 1 aromatic heterocycles. The molecule has 1 heterocycles. The Kier molecular flexibility index (Phi) is 5.16. The number of ether oxygens (including phenoxy) is 1. The van der Waals surface area contributed by atoms with Crippen LogP contribution in [0.15, 0.2) is 46.0 Å². The second-order valence-corrected chi connectivity index (χ2v) is 5.35. The van der Waals surface area contributed by atoms with Crippen LogP contribution in [0.4, 0.5) is 5.82 Å². The van der Waals surface area contributed by atoms with Gasteiger partial charge in [0.2, 0.25) is 0 Å². The van der Waals surface area contributed by atoms with E-state index in [1.54, 1.807) is 21.0 Å². The SMILES string of the molecule is COC[C@H](Nc1cc(=O)n(C(C)C)c(=O)[nH]1)c1ccccc1. The molecule has 0 aliphatic carbocycles. The van der Waals surface area contributed by atoms with Crippen molar-refractivity contribution in [3.8, 4) is 0 Å². The van der Waals surface area contributed by atoms with Gasteiger partial charge in [-0.05, 0) is 19.4 Å². The highest BCUT2D eigenvalue weighted by molar-refractivity contribution is 5.37. The lowest BCUT2D eigenvalue weighted by Crippen LogP contribution is -2.36. The van der Waals surface area contributed by atoms with Crippen LogP contribution in [-0.2, 0) is 4.74 Å². The summed E-state index contributed by atoms with van der Waals surface area (Å²) >= 11 is 0. The summed E-state index contributed by atoms with van der Waals surface area (Å²) in [5.41, 5.74) is 0.262. The minimum Gasteiger partial charge on any atom is -0.382 e. The molecule has 22 heavy (non-hydrogen) atoms. The monoisotopic (exact) mass is 303 g/mol. The molecule has 2 N–H and O–H groups in total. The number of rotatable bonds is 6. The number of aromatic nitrogens is 2. The van der Waals surface area contributed by atoms with Gasteiger partial charge in [-0.1, -0.05) is 30.3 Å². The summed E-state index contributed by atoms with van der Waals surface area (Å²) in [6.07, 6.45) is 0. The van der Waals surface area contributed by atoms with Crippen molar-refractivity contribution in [3.05, 3.63) is 62.8 Å². The summed E-state index contributed by atoms with van der Waals surface area (Å²) in [5.74, 6) is 0.387. The Morgan fingerprint density at radius 2 is 1.91 bits per heavy atom. The molecular weight excluding hydrogens is 282 g/mol. The highest BCUT2D eigenvalue weighted by Crippen LogP contribution is 2.17. The summed E-state index contributed by atoms with van der Waals surface area (Å²) in [6.45, 7) is 4.00. The Morgan fingerprint density at radius 3 is 2.45 bits per heavy atom. The number of nitrogens with one attached hydrogen (secondary N) is 2. The van der Waals surface area contributed by atoms with Crippen molar-refractivity contribution in [1.82, 2.24) is 9.55 Å². The molecule has 0 saturated heterocycles. The summed E-state index contributed by atoms with van der Waals surface area (Å²) < 4.78 is 6.39. The zero-order valence-electron chi connectivity index (χ0n) is 13.0. The molecule has 0 bridgehead atoms. The molecule has 0 fully saturated rings. The lowest BCUT2D eigenvalue weighted by Gasteiger charge is -2.19. The number of hydrogen-bond donors (Lipinski definition) is 2. The van der Waals surface area contributed by atoms with Crippen molar-refractivity contribution in [2.24, 2.45) is 0 Å². The molecule has 0 aliphatic heterocycles. The van der Waals surface area contributed by atoms with Crippen LogP contribution in [0.1, 0.15) is 31.5 Å². The molecule has 0 unspecified atom stereocenters. The Balaban J connectivity index is 2.32. The van der Waals surface area contributed by atoms with Crippen molar-refractivity contribution in [2.75, 3.05) is 19.0 Å². The molecule has 6 nitrogen and oxygen atoms in total. The molecule has 0 spiro atoms. The maximum Gasteiger partial charge on any atom is 0.330 e. The third-order valence-corrected chi connectivity index (χ3v) is 3.35. The molecule has 1 atom stereocenters. The lowest BCUT2D eigenvalue weighted by atomic mass is 10.1. The predicted molar refractivity (Wildman–Crippen MR) is 86.4 cm³/mol. The van der Waals surface area contributed by atoms with Gasteiger partial charge in [-0.3, -0.25) is 14.3 Å². The normalized spacial score (nSPS) is 12.4. The van der Waals surface area contributed by atoms with E-state index >= 15 is 0 Å². The van der Waals surface area contributed by atoms with Crippen LogP contribution in [0.25, 0.3) is 0 Å². The third kappa shape index (κ3) is 3.65. The fraction of sp³-hybridized carbons (Fsp3) is 0.375. The van der Waals surface area contributed by atoms with E-state index in [4.69, 9.17) is 4.74 Å². The molecule has 0 aliphatic rings. The van der Waals surface area contributed by atoms with Crippen molar-refractivity contribution in [3.63, 3.8) is 0 Å². The van der Waals surface area contributed by atoms with E-state index in [2.05, 4.69) is 10.3 Å². The fourth-order valence-corrected chi connectivity index (χ4v) is 2.33. The zero-order valence-corrected chi connectivity index (χ0v) is 13.0. The first-order valence-electron chi connectivity index (χ1n) is 7.19. The van der Waals surface area contributed by atoms with Crippen molar-refractivity contribution in [2.45, 2.75) is 25.9 Å². The van der Waals surface area contributed by atoms with Crippen LogP contribution >= 0.6 is 0 Å². The van der Waals surface area contributed by atoms with Crippen LogP contribution in [0, 0.1) is 0 Å². The predicted octanol–water partition coefficient (Wildman–Crippen LogP) is 1.92. The average molecular weight is 303 g/mol. The van der Waals surface area contributed by atoms with Crippen LogP contribution in [0.5, 0.6) is 0 Å². The number of H-pyrrole nitrogens is 1. The number of hydrogen-bond acceptors (Lipinski definition) is 4. The van der Waals surface area contributed by atoms with Gasteiger partial charge in [0.25, 0.3) is 5.56 Å². The lowest BCUT2D eigenvalue weighted by molar-refractivity contribution is 0.186. The van der Waals surface area contributed by atoms with E-state index in [1.807, 2.05) is 30.3 Å². The Hall–Kier alpha value is -2.34. The summed E-state index contributed by atoms with van der Waals surface area (Å²) in [6, 6.07) is 10.8. The Morgan fingerprint density at radius 1 is 1.23 bits per heavy atom. The van der Waals surface area contributed by atoms with Gasteiger partial charge in [0.05, 0.1) is 12.6 Å². The standard InChI is InChI=1S/C16H21N3O3/c1-11(2)19-15(20)9-14(18-16(19)21)17-13(10-22-3)12-7-5-4-6-8-12/h4-9,11,13,17H,10H2,1-3H3,(H,18,21)/t13-/m0/s1. The minimum absolute atomic E-state index is 0.156. The van der Waals surface area contributed by atoms with Crippen LogP contribution in [-0.4, -0.2) is 23.3 Å². The van der Waals surface area contributed by atoms with Gasteiger partial charge < -0.3 is 10.1 Å². The van der Waals surface area contributed by atoms with Gasteiger partial charge in [0, 0.05) is 19.2 Å². The summed E-state index contributed by atoms with van der Waals surface area (Å²) in [7, 11) is 1.61. The van der Waals surface area contributed by atoms with Gasteiger partial charge in [0.1, 0.15) is 5.82 Å². The van der Waals surface area contributed by atoms with E-state index < -0.39 is 5.69 Å². The zero-order chi connectivity index (χ0) is 16.1. The van der Waals surface area contributed by atoms with E-state index in [-0.39, 0.29) is 17.6 Å². The average Bonchev–Trinajstić information content (AvgIpc) is 2.46. The van der Waals surface area contributed by atoms with Gasteiger partial charge in [-0.25, -0.2) is 4.79 Å². The van der Waals surface area contributed by atoms with E-state index in [1.165, 1.54) is 10.6 Å². The van der Waals surface area contributed by atoms with Gasteiger partial charge in [-0.15, -0.1) is 0 Å². The highest BCUT2D eigenvalue weighted by atomic mass is 16.5. The van der Waals surface area contributed by atoms with Crippen LogP contribution in [0.3, 0.4) is 0 Å². The molecule has 0 saturated carbocycles. The van der Waals surface area contributed by atoms with Crippen molar-refractivity contribution in [1.29, 1.82) is 0 Å². The number of benzene rings is 1. The first-order chi connectivity index (χ1) is 10.5. The molecule has 6 heteroatoms. The maximum absolute atomic E-state index is 12.0. The minimum atomic E-state index is -0.422. The number of aromatic amines is 1. The van der Waals surface area contributed by atoms with E-state index in [0.29, 0.717) is 12.4 Å². The molecule has 2 rings (SSSR count). The summed E-state index contributed by atoms with van der Waals surface area (Å²) in [5, 5.41) is 3.15. The second-order valence-electron chi connectivity index (χ2n) is 5.35. The quantitative estimate of drug-likeness (QED) is 0.855. The Bertz CT molecular complexity index is 688. The molecule has 118 valence electrons. The highest BCUT2D eigenvalue weighted by Gasteiger charge is 2.13. The number of methoxy groups -OCH3 is 1. The first-order valence-corrected chi connectivity index (χ1v) is 7.19. The molecular formula is C16H21N3O3. The first kappa shape index (κ1) is 16.0. The third-order valence-electron chi connectivity index (χ3n) is 3.35. The second kappa shape index (κ2) is 7.09. The Labute approximate surface area is 128 Å². The summed E-state index contributed by atoms with van der Waals surface area (Å²) in [4.78, 5) is 26.8. The van der Waals surface area contributed by atoms with Gasteiger partial charge in [0.15, 0.2) is 0 Å². The van der Waals surface area contributed by atoms with Crippen LogP contribution < -0.4 is 16.6 Å².